The second-order valence-electron chi connectivity index (χ2n) is 5.14. The number of anilines is 1. The quantitative estimate of drug-likeness (QED) is 0.846. The monoisotopic (exact) mass is 330 g/mol. The predicted molar refractivity (Wildman–Crippen MR) is 84.6 cm³/mol. The molecule has 1 aliphatic heterocycles. The summed E-state index contributed by atoms with van der Waals surface area (Å²) >= 11 is 0. The summed E-state index contributed by atoms with van der Waals surface area (Å²) in [5, 5.41) is 2.58. The van der Waals surface area contributed by atoms with Crippen LogP contribution in [-0.4, -0.2) is 37.5 Å². The molecular formula is C16H14N2O4S. The van der Waals surface area contributed by atoms with Crippen molar-refractivity contribution in [3.8, 4) is 0 Å². The second-order valence-corrected chi connectivity index (χ2v) is 7.11. The van der Waals surface area contributed by atoms with Crippen LogP contribution in [0.15, 0.2) is 59.5 Å². The van der Waals surface area contributed by atoms with E-state index >= 15 is 0 Å². The van der Waals surface area contributed by atoms with Crippen molar-refractivity contribution in [2.45, 2.75) is 10.9 Å². The van der Waals surface area contributed by atoms with Crippen LogP contribution in [0.4, 0.5) is 5.69 Å². The van der Waals surface area contributed by atoms with Crippen molar-refractivity contribution in [3.63, 3.8) is 0 Å². The van der Waals surface area contributed by atoms with Gasteiger partial charge in [-0.1, -0.05) is 30.3 Å². The Balaban J connectivity index is 2.01. The Hall–Kier alpha value is -2.51. The molecule has 0 saturated heterocycles. The lowest BCUT2D eigenvalue weighted by molar-refractivity contribution is -0.118. The molecule has 118 valence electrons. The molecule has 1 amide bonds. The molecule has 0 spiro atoms. The molecule has 0 saturated carbocycles. The molecule has 0 unspecified atom stereocenters. The minimum Gasteiger partial charge on any atom is -0.324 e. The first kappa shape index (κ1) is 15.4. The fourth-order valence-electron chi connectivity index (χ4n) is 2.52. The van der Waals surface area contributed by atoms with Gasteiger partial charge in [-0.05, 0) is 24.3 Å². The molecule has 3 rings (SSSR count). The van der Waals surface area contributed by atoms with Crippen molar-refractivity contribution in [3.05, 3.63) is 60.2 Å². The van der Waals surface area contributed by atoms with Crippen molar-refractivity contribution in [2.75, 3.05) is 12.4 Å². The summed E-state index contributed by atoms with van der Waals surface area (Å²) in [5.41, 5.74) is 0.536. The number of ketones is 1. The highest BCUT2D eigenvalue weighted by Crippen LogP contribution is 2.29. The van der Waals surface area contributed by atoms with Crippen LogP contribution in [0, 0.1) is 0 Å². The summed E-state index contributed by atoms with van der Waals surface area (Å²) in [6.07, 6.45) is 0. The molecule has 6 nitrogen and oxygen atoms in total. The van der Waals surface area contributed by atoms with Gasteiger partial charge in [0.2, 0.25) is 10.0 Å². The van der Waals surface area contributed by atoms with E-state index in [1.54, 1.807) is 42.5 Å². The average molecular weight is 330 g/mol. The number of nitrogens with zero attached hydrogens (tertiary/aromatic N) is 1. The molecule has 2 aromatic carbocycles. The number of nitrogens with one attached hydrogen (secondary N) is 1. The summed E-state index contributed by atoms with van der Waals surface area (Å²) in [5.74, 6) is -1.21. The van der Waals surface area contributed by atoms with Crippen LogP contribution in [0.2, 0.25) is 0 Å². The number of sulfonamides is 1. The Morgan fingerprint density at radius 3 is 2.35 bits per heavy atom. The SMILES string of the molecule is CN1[C@H](C(=O)Nc2ccccc2)C(=O)c2ccccc2S1(=O)=O. The first-order valence-electron chi connectivity index (χ1n) is 6.90. The maximum Gasteiger partial charge on any atom is 0.250 e. The molecular weight excluding hydrogens is 316 g/mol. The summed E-state index contributed by atoms with van der Waals surface area (Å²) in [6, 6.07) is 13.0. The summed E-state index contributed by atoms with van der Waals surface area (Å²) in [7, 11) is -2.65. The van der Waals surface area contributed by atoms with Crippen LogP contribution < -0.4 is 5.32 Å². The summed E-state index contributed by atoms with van der Waals surface area (Å²) in [6.45, 7) is 0. The molecule has 1 aliphatic rings. The van der Waals surface area contributed by atoms with Gasteiger partial charge in [0.15, 0.2) is 11.8 Å². The van der Waals surface area contributed by atoms with E-state index in [1.165, 1.54) is 19.2 Å². The minimum absolute atomic E-state index is 0.0406. The first-order valence-corrected chi connectivity index (χ1v) is 8.34. The number of rotatable bonds is 2. The van der Waals surface area contributed by atoms with E-state index in [2.05, 4.69) is 5.32 Å². The summed E-state index contributed by atoms with van der Waals surface area (Å²) < 4.78 is 25.8. The highest BCUT2D eigenvalue weighted by atomic mass is 32.2. The van der Waals surface area contributed by atoms with Gasteiger partial charge in [-0.2, -0.15) is 4.31 Å². The van der Waals surface area contributed by atoms with E-state index in [1.807, 2.05) is 0 Å². The Morgan fingerprint density at radius 2 is 1.65 bits per heavy atom. The van der Waals surface area contributed by atoms with Gasteiger partial charge in [-0.15, -0.1) is 0 Å². The van der Waals surface area contributed by atoms with E-state index in [-0.39, 0.29) is 10.5 Å². The molecule has 2 aromatic rings. The fourth-order valence-corrected chi connectivity index (χ4v) is 3.99. The number of Topliss-reactive ketones (excluding diaryl/α,β-unsaturated/α-hetero) is 1. The van der Waals surface area contributed by atoms with Crippen molar-refractivity contribution in [1.82, 2.24) is 4.31 Å². The number of para-hydroxylation sites is 1. The van der Waals surface area contributed by atoms with Gasteiger partial charge in [0, 0.05) is 18.3 Å². The molecule has 0 aliphatic carbocycles. The number of hydrogen-bond donors (Lipinski definition) is 1. The first-order chi connectivity index (χ1) is 10.9. The van der Waals surface area contributed by atoms with Crippen LogP contribution in [-0.2, 0) is 14.8 Å². The average Bonchev–Trinajstić information content (AvgIpc) is 2.54. The minimum atomic E-state index is -3.89. The Morgan fingerprint density at radius 1 is 1.04 bits per heavy atom. The maximum atomic E-state index is 12.6. The van der Waals surface area contributed by atoms with Crippen LogP contribution in [0.1, 0.15) is 10.4 Å². The molecule has 1 heterocycles. The third-order valence-electron chi connectivity index (χ3n) is 3.71. The molecule has 0 fully saturated rings. The van der Waals surface area contributed by atoms with Gasteiger partial charge < -0.3 is 5.32 Å². The third kappa shape index (κ3) is 2.54. The molecule has 0 bridgehead atoms. The molecule has 7 heteroatoms. The van der Waals surface area contributed by atoms with Gasteiger partial charge >= 0.3 is 0 Å². The Bertz CT molecular complexity index is 878. The number of likely N-dealkylation sites (N-methyl/N-ethyl adjacent to an activating group) is 1. The van der Waals surface area contributed by atoms with Crippen LogP contribution in [0.25, 0.3) is 0 Å². The van der Waals surface area contributed by atoms with E-state index in [0.29, 0.717) is 5.69 Å². The van der Waals surface area contributed by atoms with Gasteiger partial charge in [-0.3, -0.25) is 9.59 Å². The molecule has 0 aromatic heterocycles. The predicted octanol–water partition coefficient (Wildman–Crippen LogP) is 1.51. The van der Waals surface area contributed by atoms with Crippen molar-refractivity contribution in [2.24, 2.45) is 0 Å². The molecule has 23 heavy (non-hydrogen) atoms. The zero-order valence-electron chi connectivity index (χ0n) is 12.3. The molecule has 0 radical (unpaired) electrons. The van der Waals surface area contributed by atoms with Crippen molar-refractivity contribution in [1.29, 1.82) is 0 Å². The van der Waals surface area contributed by atoms with Gasteiger partial charge in [0.05, 0.1) is 4.90 Å². The zero-order valence-corrected chi connectivity index (χ0v) is 13.1. The number of fused-ring (bicyclic) bond motifs is 1. The second kappa shape index (κ2) is 5.60. The number of hydrogen-bond acceptors (Lipinski definition) is 4. The standard InChI is InChI=1S/C16H14N2O4S/c1-18-14(16(20)17-11-7-3-2-4-8-11)15(19)12-9-5-6-10-13(12)23(18,21)22/h2-10,14H,1H3,(H,17,20)/t14-/m0/s1. The molecule has 1 N–H and O–H groups in total. The number of benzene rings is 2. The smallest absolute Gasteiger partial charge is 0.250 e. The van der Waals surface area contributed by atoms with Crippen LogP contribution in [0.5, 0.6) is 0 Å². The van der Waals surface area contributed by atoms with Crippen LogP contribution in [0.3, 0.4) is 0 Å². The fraction of sp³-hybridized carbons (Fsp3) is 0.125. The van der Waals surface area contributed by atoms with Crippen molar-refractivity contribution < 1.29 is 18.0 Å². The zero-order chi connectivity index (χ0) is 16.6. The van der Waals surface area contributed by atoms with Crippen LogP contribution >= 0.6 is 0 Å². The topological polar surface area (TPSA) is 83.6 Å². The highest BCUT2D eigenvalue weighted by Gasteiger charge is 2.45. The lowest BCUT2D eigenvalue weighted by Gasteiger charge is -2.30. The lowest BCUT2D eigenvalue weighted by Crippen LogP contribution is -2.53. The molecule has 1 atom stereocenters. The number of carbonyl (C=O) groups excluding carboxylic acids is 2. The van der Waals surface area contributed by atoms with Gasteiger partial charge in [-0.25, -0.2) is 8.42 Å². The maximum absolute atomic E-state index is 12.6. The van der Waals surface area contributed by atoms with E-state index in [0.717, 1.165) is 4.31 Å². The van der Waals surface area contributed by atoms with E-state index < -0.39 is 27.8 Å². The number of amides is 1. The van der Waals surface area contributed by atoms with E-state index in [4.69, 9.17) is 0 Å². The van der Waals surface area contributed by atoms with Gasteiger partial charge in [0.25, 0.3) is 5.91 Å². The highest BCUT2D eigenvalue weighted by molar-refractivity contribution is 7.89. The number of carbonyl (C=O) groups is 2. The third-order valence-corrected chi connectivity index (χ3v) is 5.59. The van der Waals surface area contributed by atoms with Crippen molar-refractivity contribution >= 4 is 27.4 Å². The Labute approximate surface area is 133 Å². The largest absolute Gasteiger partial charge is 0.324 e. The normalized spacial score (nSPS) is 19.9. The summed E-state index contributed by atoms with van der Waals surface area (Å²) in [4.78, 5) is 25.0. The lowest BCUT2D eigenvalue weighted by atomic mass is 10.0. The van der Waals surface area contributed by atoms with E-state index in [9.17, 15) is 18.0 Å². The Kier molecular flexibility index (Phi) is 3.75. The van der Waals surface area contributed by atoms with Gasteiger partial charge in [0.1, 0.15) is 0 Å².